The van der Waals surface area contributed by atoms with Crippen LogP contribution in [0.1, 0.15) is 36.8 Å². The number of hydrogen-bond donors (Lipinski definition) is 1. The van der Waals surface area contributed by atoms with Crippen LogP contribution in [-0.2, 0) is 0 Å². The SMILES string of the molecule is COc1c(C2=CCCC=C2)ccc2c(O)c(C3=CCCC=C3)ccc12. The zero-order chi connectivity index (χ0) is 17.2. The zero-order valence-corrected chi connectivity index (χ0v) is 14.5. The van der Waals surface area contributed by atoms with Crippen LogP contribution in [0.4, 0.5) is 0 Å². The minimum absolute atomic E-state index is 0.327. The molecule has 0 aromatic heterocycles. The van der Waals surface area contributed by atoms with Gasteiger partial charge < -0.3 is 9.84 Å². The van der Waals surface area contributed by atoms with Gasteiger partial charge in [-0.1, -0.05) is 36.5 Å². The highest BCUT2D eigenvalue weighted by Gasteiger charge is 2.16. The molecule has 0 radical (unpaired) electrons. The summed E-state index contributed by atoms with van der Waals surface area (Å²) < 4.78 is 5.74. The molecule has 0 spiro atoms. The molecule has 25 heavy (non-hydrogen) atoms. The molecule has 0 aliphatic heterocycles. The molecule has 2 aromatic rings. The Morgan fingerprint density at radius 1 is 0.760 bits per heavy atom. The van der Waals surface area contributed by atoms with Gasteiger partial charge in [0.15, 0.2) is 0 Å². The van der Waals surface area contributed by atoms with Crippen LogP contribution in [0.3, 0.4) is 0 Å². The molecule has 2 heteroatoms. The highest BCUT2D eigenvalue weighted by Crippen LogP contribution is 2.42. The standard InChI is InChI=1S/C23H22O2/c1-25-23-19(17-10-6-3-7-11-17)13-14-20-21(23)15-12-18(22(20)24)16-8-4-2-5-9-16/h4,6,8-15,24H,2-3,5,7H2,1H3. The lowest BCUT2D eigenvalue weighted by Gasteiger charge is -2.17. The second-order valence-corrected chi connectivity index (χ2v) is 6.48. The van der Waals surface area contributed by atoms with Crippen molar-refractivity contribution < 1.29 is 9.84 Å². The van der Waals surface area contributed by atoms with Crippen molar-refractivity contribution in [3.05, 3.63) is 71.8 Å². The van der Waals surface area contributed by atoms with Gasteiger partial charge in [0.2, 0.25) is 0 Å². The fourth-order valence-electron chi connectivity index (χ4n) is 3.67. The second-order valence-electron chi connectivity index (χ2n) is 6.48. The first-order chi connectivity index (χ1) is 12.3. The molecule has 2 nitrogen and oxygen atoms in total. The summed E-state index contributed by atoms with van der Waals surface area (Å²) in [5.41, 5.74) is 4.24. The first-order valence-corrected chi connectivity index (χ1v) is 8.86. The second kappa shape index (κ2) is 6.64. The Bertz CT molecular complexity index is 942. The summed E-state index contributed by atoms with van der Waals surface area (Å²) in [6.07, 6.45) is 17.3. The van der Waals surface area contributed by atoms with Gasteiger partial charge in [0.05, 0.1) is 7.11 Å². The Labute approximate surface area is 148 Å². The van der Waals surface area contributed by atoms with Crippen LogP contribution in [0, 0.1) is 0 Å². The van der Waals surface area contributed by atoms with Gasteiger partial charge in [-0.05, 0) is 61.1 Å². The third-order valence-electron chi connectivity index (χ3n) is 4.94. The third kappa shape index (κ3) is 2.78. The first kappa shape index (κ1) is 15.8. The maximum absolute atomic E-state index is 10.9. The summed E-state index contributed by atoms with van der Waals surface area (Å²) >= 11 is 0. The summed E-state index contributed by atoms with van der Waals surface area (Å²) in [7, 11) is 1.70. The number of benzene rings is 2. The van der Waals surface area contributed by atoms with Gasteiger partial charge in [0.25, 0.3) is 0 Å². The van der Waals surface area contributed by atoms with Gasteiger partial charge in [-0.2, -0.15) is 0 Å². The Hall–Kier alpha value is -2.74. The zero-order valence-electron chi connectivity index (χ0n) is 14.5. The lowest BCUT2D eigenvalue weighted by molar-refractivity contribution is 0.418. The topological polar surface area (TPSA) is 29.5 Å². The molecule has 2 aliphatic rings. The highest BCUT2D eigenvalue weighted by molar-refractivity contribution is 6.01. The van der Waals surface area contributed by atoms with Crippen LogP contribution in [0.2, 0.25) is 0 Å². The van der Waals surface area contributed by atoms with Gasteiger partial charge in [-0.15, -0.1) is 0 Å². The van der Waals surface area contributed by atoms with E-state index in [4.69, 9.17) is 4.74 Å². The molecule has 0 saturated carbocycles. The third-order valence-corrected chi connectivity index (χ3v) is 4.94. The van der Waals surface area contributed by atoms with Gasteiger partial charge in [-0.25, -0.2) is 0 Å². The van der Waals surface area contributed by atoms with E-state index in [1.54, 1.807) is 7.11 Å². The Morgan fingerprint density at radius 2 is 1.36 bits per heavy atom. The van der Waals surface area contributed by atoms with Crippen molar-refractivity contribution in [1.82, 2.24) is 0 Å². The predicted octanol–water partition coefficient (Wildman–Crippen LogP) is 6.02. The average Bonchev–Trinajstić information content (AvgIpc) is 2.69. The Balaban J connectivity index is 1.89. The van der Waals surface area contributed by atoms with E-state index in [-0.39, 0.29) is 0 Å². The van der Waals surface area contributed by atoms with Crippen molar-refractivity contribution in [2.75, 3.05) is 7.11 Å². The summed E-state index contributed by atoms with van der Waals surface area (Å²) in [4.78, 5) is 0. The maximum atomic E-state index is 10.9. The Kier molecular flexibility index (Phi) is 4.19. The smallest absolute Gasteiger partial charge is 0.134 e. The Morgan fingerprint density at radius 3 is 1.96 bits per heavy atom. The predicted molar refractivity (Wildman–Crippen MR) is 105 cm³/mol. The first-order valence-electron chi connectivity index (χ1n) is 8.86. The van der Waals surface area contributed by atoms with E-state index in [0.717, 1.165) is 58.9 Å². The number of ether oxygens (including phenoxy) is 1. The molecule has 1 N–H and O–H groups in total. The molecule has 0 saturated heterocycles. The molecular formula is C23H22O2. The van der Waals surface area contributed by atoms with E-state index in [9.17, 15) is 5.11 Å². The number of allylic oxidation sites excluding steroid dienone is 8. The van der Waals surface area contributed by atoms with E-state index >= 15 is 0 Å². The number of methoxy groups -OCH3 is 1. The molecule has 0 amide bonds. The fourth-order valence-corrected chi connectivity index (χ4v) is 3.67. The number of fused-ring (bicyclic) bond motifs is 1. The molecule has 0 unspecified atom stereocenters. The van der Waals surface area contributed by atoms with Crippen LogP contribution in [0.15, 0.2) is 60.7 Å². The van der Waals surface area contributed by atoms with E-state index in [0.29, 0.717) is 5.75 Å². The van der Waals surface area contributed by atoms with Crippen molar-refractivity contribution in [3.63, 3.8) is 0 Å². The monoisotopic (exact) mass is 330 g/mol. The normalized spacial score (nSPS) is 16.7. The summed E-state index contributed by atoms with van der Waals surface area (Å²) in [6, 6.07) is 8.11. The van der Waals surface area contributed by atoms with Crippen molar-refractivity contribution >= 4 is 21.9 Å². The van der Waals surface area contributed by atoms with Gasteiger partial charge in [0.1, 0.15) is 11.5 Å². The molecule has 0 fully saturated rings. The van der Waals surface area contributed by atoms with E-state index in [1.165, 1.54) is 5.57 Å². The van der Waals surface area contributed by atoms with Gasteiger partial charge in [0, 0.05) is 21.9 Å². The van der Waals surface area contributed by atoms with E-state index in [1.807, 2.05) is 12.1 Å². The fraction of sp³-hybridized carbons (Fsp3) is 0.217. The number of aromatic hydroxyl groups is 1. The minimum Gasteiger partial charge on any atom is -0.507 e. The van der Waals surface area contributed by atoms with Gasteiger partial charge in [-0.3, -0.25) is 0 Å². The average molecular weight is 330 g/mol. The van der Waals surface area contributed by atoms with Crippen LogP contribution in [-0.4, -0.2) is 12.2 Å². The van der Waals surface area contributed by atoms with Crippen molar-refractivity contribution in [1.29, 1.82) is 0 Å². The highest BCUT2D eigenvalue weighted by atomic mass is 16.5. The number of phenolic OH excluding ortho intramolecular Hbond substituents is 1. The van der Waals surface area contributed by atoms with Crippen molar-refractivity contribution in [2.45, 2.75) is 25.7 Å². The molecule has 2 aliphatic carbocycles. The van der Waals surface area contributed by atoms with Crippen molar-refractivity contribution in [3.8, 4) is 11.5 Å². The van der Waals surface area contributed by atoms with Crippen LogP contribution in [0.25, 0.3) is 21.9 Å². The molecular weight excluding hydrogens is 308 g/mol. The molecule has 0 heterocycles. The number of hydrogen-bond acceptors (Lipinski definition) is 2. The lowest BCUT2D eigenvalue weighted by Crippen LogP contribution is -1.95. The molecule has 126 valence electrons. The summed E-state index contributed by atoms with van der Waals surface area (Å²) in [5, 5.41) is 12.6. The number of phenols is 1. The largest absolute Gasteiger partial charge is 0.507 e. The van der Waals surface area contributed by atoms with Gasteiger partial charge >= 0.3 is 0 Å². The molecule has 0 atom stereocenters. The maximum Gasteiger partial charge on any atom is 0.134 e. The molecule has 4 rings (SSSR count). The van der Waals surface area contributed by atoms with E-state index < -0.39 is 0 Å². The summed E-state index contributed by atoms with van der Waals surface area (Å²) in [5.74, 6) is 1.15. The number of rotatable bonds is 3. The summed E-state index contributed by atoms with van der Waals surface area (Å²) in [6.45, 7) is 0. The van der Waals surface area contributed by atoms with Crippen LogP contribution < -0.4 is 4.74 Å². The molecule has 0 bridgehead atoms. The van der Waals surface area contributed by atoms with Crippen molar-refractivity contribution in [2.24, 2.45) is 0 Å². The van der Waals surface area contributed by atoms with Crippen LogP contribution >= 0.6 is 0 Å². The van der Waals surface area contributed by atoms with E-state index in [2.05, 4.69) is 48.6 Å². The lowest BCUT2D eigenvalue weighted by atomic mass is 9.92. The molecule has 2 aromatic carbocycles. The quantitative estimate of drug-likeness (QED) is 0.745. The minimum atomic E-state index is 0.327. The van der Waals surface area contributed by atoms with Crippen LogP contribution in [0.5, 0.6) is 11.5 Å².